The van der Waals surface area contributed by atoms with Crippen LogP contribution in [0.5, 0.6) is 0 Å². The smallest absolute Gasteiger partial charge is 0.0400 e. The second-order valence-electron chi connectivity index (χ2n) is 5.33. The molecule has 1 atom stereocenters. The molecule has 2 saturated heterocycles. The van der Waals surface area contributed by atoms with Gasteiger partial charge in [0.15, 0.2) is 0 Å². The number of hydrogen-bond donors (Lipinski definition) is 1. The van der Waals surface area contributed by atoms with Crippen LogP contribution in [0.2, 0.25) is 0 Å². The van der Waals surface area contributed by atoms with Gasteiger partial charge in [0, 0.05) is 62.9 Å². The molecule has 3 rings (SSSR count). The van der Waals surface area contributed by atoms with Crippen molar-refractivity contribution in [3.8, 4) is 0 Å². The Labute approximate surface area is 109 Å². The van der Waals surface area contributed by atoms with Gasteiger partial charge in [-0.15, -0.1) is 0 Å². The molecule has 0 bridgehead atoms. The first-order valence-corrected chi connectivity index (χ1v) is 6.95. The van der Waals surface area contributed by atoms with E-state index in [1.165, 1.54) is 38.3 Å². The fraction of sp³-hybridized carbons (Fsp3) is 0.643. The number of rotatable bonds is 2. The standard InChI is InChI=1S/C14H22N4/c1-12-10-13(2-4-16-12)18-7-3-14(11-18)17-8-5-15-6-9-17/h2,4,10,14-15H,3,5-9,11H2,1H3. The van der Waals surface area contributed by atoms with E-state index >= 15 is 0 Å². The average Bonchev–Trinajstić information content (AvgIpc) is 2.89. The number of aryl methyl sites for hydroxylation is 1. The maximum atomic E-state index is 4.27. The van der Waals surface area contributed by atoms with Crippen molar-refractivity contribution >= 4 is 5.69 Å². The Morgan fingerprint density at radius 3 is 2.89 bits per heavy atom. The first-order chi connectivity index (χ1) is 8.83. The fourth-order valence-corrected chi connectivity index (χ4v) is 3.05. The highest BCUT2D eigenvalue weighted by Gasteiger charge is 2.28. The van der Waals surface area contributed by atoms with Gasteiger partial charge in [0.2, 0.25) is 0 Å². The molecule has 0 radical (unpaired) electrons. The molecule has 1 N–H and O–H groups in total. The summed E-state index contributed by atoms with van der Waals surface area (Å²) in [6.07, 6.45) is 3.21. The molecule has 98 valence electrons. The van der Waals surface area contributed by atoms with Gasteiger partial charge in [0.25, 0.3) is 0 Å². The van der Waals surface area contributed by atoms with E-state index in [4.69, 9.17) is 0 Å². The molecule has 3 heterocycles. The molecule has 0 aliphatic carbocycles. The summed E-state index contributed by atoms with van der Waals surface area (Å²) in [5.74, 6) is 0. The van der Waals surface area contributed by atoms with Crippen LogP contribution in [0, 0.1) is 6.92 Å². The van der Waals surface area contributed by atoms with E-state index in [-0.39, 0.29) is 0 Å². The summed E-state index contributed by atoms with van der Waals surface area (Å²) >= 11 is 0. The Hall–Kier alpha value is -1.13. The quantitative estimate of drug-likeness (QED) is 0.839. The van der Waals surface area contributed by atoms with E-state index in [1.54, 1.807) is 0 Å². The number of nitrogens with zero attached hydrogens (tertiary/aromatic N) is 3. The van der Waals surface area contributed by atoms with Crippen LogP contribution >= 0.6 is 0 Å². The van der Waals surface area contributed by atoms with Crippen molar-refractivity contribution < 1.29 is 0 Å². The number of hydrogen-bond acceptors (Lipinski definition) is 4. The van der Waals surface area contributed by atoms with Crippen molar-refractivity contribution in [3.63, 3.8) is 0 Å². The molecule has 0 spiro atoms. The number of piperazine rings is 1. The molecule has 1 aromatic heterocycles. The number of pyridine rings is 1. The SMILES string of the molecule is Cc1cc(N2CCC(N3CCNCC3)C2)ccn1. The Balaban J connectivity index is 1.64. The van der Waals surface area contributed by atoms with Crippen LogP contribution in [0.25, 0.3) is 0 Å². The predicted octanol–water partition coefficient (Wildman–Crippen LogP) is 0.874. The molecule has 0 aromatic carbocycles. The van der Waals surface area contributed by atoms with Gasteiger partial charge in [0.1, 0.15) is 0 Å². The van der Waals surface area contributed by atoms with Crippen LogP contribution in [0.3, 0.4) is 0 Å². The summed E-state index contributed by atoms with van der Waals surface area (Å²) in [6.45, 7) is 9.10. The minimum Gasteiger partial charge on any atom is -0.370 e. The fourth-order valence-electron chi connectivity index (χ4n) is 3.05. The van der Waals surface area contributed by atoms with Crippen molar-refractivity contribution in [2.75, 3.05) is 44.2 Å². The summed E-state index contributed by atoms with van der Waals surface area (Å²) in [7, 11) is 0. The van der Waals surface area contributed by atoms with Crippen molar-refractivity contribution in [2.24, 2.45) is 0 Å². The molecule has 1 unspecified atom stereocenters. The normalized spacial score (nSPS) is 25.6. The zero-order chi connectivity index (χ0) is 12.4. The lowest BCUT2D eigenvalue weighted by Crippen LogP contribution is -2.49. The maximum Gasteiger partial charge on any atom is 0.0400 e. The third-order valence-corrected chi connectivity index (χ3v) is 4.08. The van der Waals surface area contributed by atoms with E-state index in [9.17, 15) is 0 Å². The van der Waals surface area contributed by atoms with Crippen LogP contribution in [0.1, 0.15) is 12.1 Å². The van der Waals surface area contributed by atoms with Gasteiger partial charge in [-0.2, -0.15) is 0 Å². The summed E-state index contributed by atoms with van der Waals surface area (Å²) in [6, 6.07) is 5.06. The minimum atomic E-state index is 0.737. The molecular formula is C14H22N4. The van der Waals surface area contributed by atoms with Crippen molar-refractivity contribution in [1.29, 1.82) is 0 Å². The molecule has 2 aliphatic rings. The zero-order valence-electron chi connectivity index (χ0n) is 11.1. The van der Waals surface area contributed by atoms with Crippen LogP contribution in [0.15, 0.2) is 18.3 Å². The highest BCUT2D eigenvalue weighted by atomic mass is 15.3. The summed E-state index contributed by atoms with van der Waals surface area (Å²) in [5, 5.41) is 3.43. The second-order valence-corrected chi connectivity index (χ2v) is 5.33. The van der Waals surface area contributed by atoms with E-state index in [2.05, 4.69) is 39.2 Å². The van der Waals surface area contributed by atoms with Gasteiger partial charge < -0.3 is 10.2 Å². The lowest BCUT2D eigenvalue weighted by Gasteiger charge is -2.32. The lowest BCUT2D eigenvalue weighted by atomic mass is 10.2. The third kappa shape index (κ3) is 2.49. The van der Waals surface area contributed by atoms with Gasteiger partial charge in [-0.05, 0) is 25.5 Å². The molecular weight excluding hydrogens is 224 g/mol. The second kappa shape index (κ2) is 5.24. The Bertz CT molecular complexity index is 401. The highest BCUT2D eigenvalue weighted by Crippen LogP contribution is 2.23. The Kier molecular flexibility index (Phi) is 3.48. The van der Waals surface area contributed by atoms with E-state index in [1.807, 2.05) is 6.20 Å². The van der Waals surface area contributed by atoms with Gasteiger partial charge >= 0.3 is 0 Å². The summed E-state index contributed by atoms with van der Waals surface area (Å²) < 4.78 is 0. The van der Waals surface area contributed by atoms with Crippen LogP contribution < -0.4 is 10.2 Å². The van der Waals surface area contributed by atoms with Crippen LogP contribution in [0.4, 0.5) is 5.69 Å². The molecule has 4 heteroatoms. The van der Waals surface area contributed by atoms with Crippen molar-refractivity contribution in [1.82, 2.24) is 15.2 Å². The van der Waals surface area contributed by atoms with Crippen molar-refractivity contribution in [2.45, 2.75) is 19.4 Å². The molecule has 1 aromatic rings. The molecule has 2 fully saturated rings. The molecule has 18 heavy (non-hydrogen) atoms. The summed E-state index contributed by atoms with van der Waals surface area (Å²) in [5.41, 5.74) is 2.44. The number of aromatic nitrogens is 1. The van der Waals surface area contributed by atoms with Gasteiger partial charge in [-0.25, -0.2) is 0 Å². The first kappa shape index (κ1) is 11.9. The van der Waals surface area contributed by atoms with Gasteiger partial charge in [-0.3, -0.25) is 9.88 Å². The minimum absolute atomic E-state index is 0.737. The average molecular weight is 246 g/mol. The zero-order valence-corrected chi connectivity index (χ0v) is 11.1. The monoisotopic (exact) mass is 246 g/mol. The first-order valence-electron chi connectivity index (χ1n) is 6.95. The third-order valence-electron chi connectivity index (χ3n) is 4.08. The van der Waals surface area contributed by atoms with Crippen molar-refractivity contribution in [3.05, 3.63) is 24.0 Å². The Morgan fingerprint density at radius 1 is 1.28 bits per heavy atom. The van der Waals surface area contributed by atoms with Gasteiger partial charge in [0.05, 0.1) is 0 Å². The number of nitrogens with one attached hydrogen (secondary N) is 1. The molecule has 4 nitrogen and oxygen atoms in total. The van der Waals surface area contributed by atoms with Gasteiger partial charge in [-0.1, -0.05) is 0 Å². The van der Waals surface area contributed by atoms with E-state index < -0.39 is 0 Å². The Morgan fingerprint density at radius 2 is 2.11 bits per heavy atom. The lowest BCUT2D eigenvalue weighted by molar-refractivity contribution is 0.185. The topological polar surface area (TPSA) is 31.4 Å². The molecule has 2 aliphatic heterocycles. The van der Waals surface area contributed by atoms with E-state index in [0.29, 0.717) is 0 Å². The van der Waals surface area contributed by atoms with Crippen LogP contribution in [-0.4, -0.2) is 55.2 Å². The largest absolute Gasteiger partial charge is 0.370 e. The summed E-state index contributed by atoms with van der Waals surface area (Å²) in [4.78, 5) is 9.42. The van der Waals surface area contributed by atoms with Crippen LogP contribution in [-0.2, 0) is 0 Å². The maximum absolute atomic E-state index is 4.27. The predicted molar refractivity (Wildman–Crippen MR) is 74.0 cm³/mol. The van der Waals surface area contributed by atoms with E-state index in [0.717, 1.165) is 24.8 Å². The number of anilines is 1. The highest BCUT2D eigenvalue weighted by molar-refractivity contribution is 5.47. The molecule has 0 saturated carbocycles. The molecule has 0 amide bonds.